The SMILES string of the molecule is Cc1ccccc1CSc1nnc(-c2cccs2)n1CCC(N)=O. The van der Waals surface area contributed by atoms with Gasteiger partial charge in [0.05, 0.1) is 4.88 Å². The summed E-state index contributed by atoms with van der Waals surface area (Å²) in [7, 11) is 0. The molecule has 1 aromatic carbocycles. The zero-order valence-electron chi connectivity index (χ0n) is 13.3. The summed E-state index contributed by atoms with van der Waals surface area (Å²) >= 11 is 3.23. The third-order valence-corrected chi connectivity index (χ3v) is 5.54. The van der Waals surface area contributed by atoms with E-state index in [0.29, 0.717) is 6.54 Å². The second-order valence-corrected chi connectivity index (χ2v) is 7.26. The summed E-state index contributed by atoms with van der Waals surface area (Å²) in [6.45, 7) is 2.59. The molecule has 0 aliphatic rings. The highest BCUT2D eigenvalue weighted by atomic mass is 32.2. The third kappa shape index (κ3) is 3.85. The van der Waals surface area contributed by atoms with Gasteiger partial charge in [-0.3, -0.25) is 4.79 Å². The lowest BCUT2D eigenvalue weighted by Crippen LogP contribution is -2.14. The van der Waals surface area contributed by atoms with Gasteiger partial charge in [-0.2, -0.15) is 0 Å². The molecule has 24 heavy (non-hydrogen) atoms. The Morgan fingerprint density at radius 3 is 2.79 bits per heavy atom. The minimum Gasteiger partial charge on any atom is -0.370 e. The Kier molecular flexibility index (Phi) is 5.32. The van der Waals surface area contributed by atoms with Crippen LogP contribution in [0.3, 0.4) is 0 Å². The van der Waals surface area contributed by atoms with Gasteiger partial charge >= 0.3 is 0 Å². The molecule has 3 rings (SSSR count). The maximum Gasteiger partial charge on any atom is 0.219 e. The number of benzene rings is 1. The van der Waals surface area contributed by atoms with Crippen molar-refractivity contribution in [3.8, 4) is 10.7 Å². The number of rotatable bonds is 7. The van der Waals surface area contributed by atoms with Gasteiger partial charge in [0.25, 0.3) is 0 Å². The predicted octanol–water partition coefficient (Wildman–Crippen LogP) is 3.48. The number of aryl methyl sites for hydroxylation is 1. The molecule has 0 spiro atoms. The highest BCUT2D eigenvalue weighted by Gasteiger charge is 2.16. The average Bonchev–Trinajstić information content (AvgIpc) is 3.21. The second-order valence-electron chi connectivity index (χ2n) is 5.37. The van der Waals surface area contributed by atoms with Crippen molar-refractivity contribution in [2.24, 2.45) is 5.73 Å². The van der Waals surface area contributed by atoms with Crippen LogP contribution < -0.4 is 5.73 Å². The highest BCUT2D eigenvalue weighted by molar-refractivity contribution is 7.98. The standard InChI is InChI=1S/C17H18N4OS2/c1-12-5-2-3-6-13(12)11-24-17-20-19-16(14-7-4-10-23-14)21(17)9-8-15(18)22/h2-7,10H,8-9,11H2,1H3,(H2,18,22). The van der Waals surface area contributed by atoms with Gasteiger partial charge in [-0.05, 0) is 29.5 Å². The molecular formula is C17H18N4OS2. The Balaban J connectivity index is 1.84. The number of aromatic nitrogens is 3. The van der Waals surface area contributed by atoms with Crippen molar-refractivity contribution in [2.75, 3.05) is 0 Å². The number of carbonyl (C=O) groups is 1. The van der Waals surface area contributed by atoms with E-state index in [1.807, 2.05) is 34.2 Å². The molecule has 3 aromatic rings. The summed E-state index contributed by atoms with van der Waals surface area (Å²) in [6, 6.07) is 12.3. The van der Waals surface area contributed by atoms with E-state index in [0.717, 1.165) is 21.6 Å². The van der Waals surface area contributed by atoms with Crippen LogP contribution in [-0.2, 0) is 17.1 Å². The van der Waals surface area contributed by atoms with E-state index >= 15 is 0 Å². The van der Waals surface area contributed by atoms with Crippen LogP contribution in [0.15, 0.2) is 46.9 Å². The summed E-state index contributed by atoms with van der Waals surface area (Å²) in [4.78, 5) is 12.2. The van der Waals surface area contributed by atoms with Gasteiger partial charge in [-0.25, -0.2) is 0 Å². The number of thioether (sulfide) groups is 1. The number of amides is 1. The number of primary amides is 1. The van der Waals surface area contributed by atoms with Crippen LogP contribution >= 0.6 is 23.1 Å². The van der Waals surface area contributed by atoms with Crippen molar-refractivity contribution < 1.29 is 4.79 Å². The van der Waals surface area contributed by atoms with Gasteiger partial charge in [0.2, 0.25) is 5.91 Å². The Morgan fingerprint density at radius 1 is 1.25 bits per heavy atom. The van der Waals surface area contributed by atoms with Gasteiger partial charge in [0.1, 0.15) is 0 Å². The van der Waals surface area contributed by atoms with Gasteiger partial charge in [0.15, 0.2) is 11.0 Å². The van der Waals surface area contributed by atoms with Crippen LogP contribution in [0.4, 0.5) is 0 Å². The number of thiophene rings is 1. The van der Waals surface area contributed by atoms with E-state index < -0.39 is 0 Å². The van der Waals surface area contributed by atoms with Gasteiger partial charge < -0.3 is 10.3 Å². The molecule has 2 heterocycles. The van der Waals surface area contributed by atoms with Crippen LogP contribution in [0, 0.1) is 6.92 Å². The first-order valence-electron chi connectivity index (χ1n) is 7.58. The van der Waals surface area contributed by atoms with Crippen LogP contribution in [0.1, 0.15) is 17.5 Å². The molecule has 124 valence electrons. The van der Waals surface area contributed by atoms with E-state index in [4.69, 9.17) is 5.73 Å². The van der Waals surface area contributed by atoms with Crippen LogP contribution in [0.2, 0.25) is 0 Å². The highest BCUT2D eigenvalue weighted by Crippen LogP contribution is 2.29. The fraction of sp³-hybridized carbons (Fsp3) is 0.235. The van der Waals surface area contributed by atoms with E-state index in [9.17, 15) is 4.79 Å². The molecule has 7 heteroatoms. The topological polar surface area (TPSA) is 73.8 Å². The van der Waals surface area contributed by atoms with Crippen molar-refractivity contribution in [1.82, 2.24) is 14.8 Å². The molecule has 0 fully saturated rings. The molecule has 0 saturated heterocycles. The summed E-state index contributed by atoms with van der Waals surface area (Å²) in [6.07, 6.45) is 0.272. The number of hydrogen-bond donors (Lipinski definition) is 1. The Hall–Kier alpha value is -2.12. The average molecular weight is 358 g/mol. The number of carbonyl (C=O) groups excluding carboxylic acids is 1. The molecule has 1 amide bonds. The van der Waals surface area contributed by atoms with E-state index in [1.54, 1.807) is 23.1 Å². The number of nitrogens with two attached hydrogens (primary N) is 1. The van der Waals surface area contributed by atoms with Crippen LogP contribution in [0.5, 0.6) is 0 Å². The molecule has 0 aliphatic heterocycles. The van der Waals surface area contributed by atoms with Crippen molar-refractivity contribution in [1.29, 1.82) is 0 Å². The number of nitrogens with zero attached hydrogens (tertiary/aromatic N) is 3. The normalized spacial score (nSPS) is 10.9. The first kappa shape index (κ1) is 16.7. The fourth-order valence-electron chi connectivity index (χ4n) is 2.32. The summed E-state index contributed by atoms with van der Waals surface area (Å²) in [5.74, 6) is 1.28. The van der Waals surface area contributed by atoms with Crippen LogP contribution in [-0.4, -0.2) is 20.7 Å². The summed E-state index contributed by atoms with van der Waals surface area (Å²) < 4.78 is 1.99. The van der Waals surface area contributed by atoms with Gasteiger partial charge in [-0.1, -0.05) is 42.1 Å². The first-order valence-corrected chi connectivity index (χ1v) is 9.44. The fourth-order valence-corrected chi connectivity index (χ4v) is 4.08. The Labute approximate surface area is 148 Å². The Morgan fingerprint density at radius 2 is 2.08 bits per heavy atom. The van der Waals surface area contributed by atoms with Crippen molar-refractivity contribution in [3.63, 3.8) is 0 Å². The molecule has 0 aliphatic carbocycles. The summed E-state index contributed by atoms with van der Waals surface area (Å²) in [5, 5.41) is 11.5. The monoisotopic (exact) mass is 358 g/mol. The lowest BCUT2D eigenvalue weighted by Gasteiger charge is -2.09. The predicted molar refractivity (Wildman–Crippen MR) is 97.9 cm³/mol. The van der Waals surface area contributed by atoms with Crippen molar-refractivity contribution in [3.05, 3.63) is 52.9 Å². The molecule has 0 radical (unpaired) electrons. The smallest absolute Gasteiger partial charge is 0.219 e. The molecule has 5 nitrogen and oxygen atoms in total. The minimum atomic E-state index is -0.323. The van der Waals surface area contributed by atoms with E-state index in [1.165, 1.54) is 11.1 Å². The lowest BCUT2D eigenvalue weighted by molar-refractivity contribution is -0.118. The lowest BCUT2D eigenvalue weighted by atomic mass is 10.1. The third-order valence-electron chi connectivity index (χ3n) is 3.66. The maximum atomic E-state index is 11.2. The molecule has 2 aromatic heterocycles. The number of hydrogen-bond acceptors (Lipinski definition) is 5. The van der Waals surface area contributed by atoms with Gasteiger partial charge in [-0.15, -0.1) is 21.5 Å². The molecule has 0 saturated carbocycles. The molecule has 0 atom stereocenters. The zero-order valence-corrected chi connectivity index (χ0v) is 14.9. The summed E-state index contributed by atoms with van der Waals surface area (Å²) in [5.41, 5.74) is 7.84. The minimum absolute atomic E-state index is 0.272. The zero-order chi connectivity index (χ0) is 16.9. The second kappa shape index (κ2) is 7.63. The largest absolute Gasteiger partial charge is 0.370 e. The van der Waals surface area contributed by atoms with E-state index in [-0.39, 0.29) is 12.3 Å². The molecule has 2 N–H and O–H groups in total. The van der Waals surface area contributed by atoms with Crippen LogP contribution in [0.25, 0.3) is 10.7 Å². The Bertz CT molecular complexity index is 827. The molecular weight excluding hydrogens is 340 g/mol. The van der Waals surface area contributed by atoms with Crippen molar-refractivity contribution >= 4 is 29.0 Å². The first-order chi connectivity index (χ1) is 11.6. The molecule has 0 bridgehead atoms. The molecule has 0 unspecified atom stereocenters. The maximum absolute atomic E-state index is 11.2. The quantitative estimate of drug-likeness (QED) is 0.656. The van der Waals surface area contributed by atoms with E-state index in [2.05, 4.69) is 29.3 Å². The van der Waals surface area contributed by atoms with Crippen molar-refractivity contribution in [2.45, 2.75) is 30.8 Å². The van der Waals surface area contributed by atoms with Gasteiger partial charge in [0, 0.05) is 18.7 Å².